The number of nitrogens with zero attached hydrogens (tertiary/aromatic N) is 5. The van der Waals surface area contributed by atoms with Gasteiger partial charge in [-0.15, -0.1) is 0 Å². The third-order valence-electron chi connectivity index (χ3n) is 5.99. The molecule has 5 rings (SSSR count). The second-order valence-electron chi connectivity index (χ2n) is 8.18. The normalized spacial score (nSPS) is 13.7. The Kier molecular flexibility index (Phi) is 5.86. The van der Waals surface area contributed by atoms with Gasteiger partial charge in [-0.2, -0.15) is 5.10 Å². The van der Waals surface area contributed by atoms with Crippen LogP contribution in [0.25, 0.3) is 22.4 Å². The monoisotopic (exact) mass is 452 g/mol. The molecule has 8 heteroatoms. The molecule has 0 aliphatic carbocycles. The van der Waals surface area contributed by atoms with Crippen molar-refractivity contribution in [3.05, 3.63) is 94.7 Å². The number of piperazine rings is 1. The Balaban J connectivity index is 1.51. The summed E-state index contributed by atoms with van der Waals surface area (Å²) in [5.74, 6) is 0.552. The fourth-order valence-corrected chi connectivity index (χ4v) is 4.26. The first kappa shape index (κ1) is 21.5. The molecule has 34 heavy (non-hydrogen) atoms. The summed E-state index contributed by atoms with van der Waals surface area (Å²) in [6.45, 7) is 4.14. The van der Waals surface area contributed by atoms with Crippen LogP contribution in [0.5, 0.6) is 0 Å². The van der Waals surface area contributed by atoms with Gasteiger partial charge in [0, 0.05) is 49.1 Å². The Morgan fingerprint density at radius 1 is 0.882 bits per heavy atom. The lowest BCUT2D eigenvalue weighted by atomic mass is 9.95. The molecule has 2 aromatic carbocycles. The molecule has 170 valence electrons. The standard InChI is InChI=1S/C26H24N6O2/c1-18-16-21(28-17-27-18)31-12-14-32(15-13-31)26(34)23-22(19-8-4-2-5-9-19)24(29-30-25(23)33)20-10-6-3-7-11-20/h2-11,16-17H,12-15H2,1H3,(H,30,33). The Labute approximate surface area is 196 Å². The van der Waals surface area contributed by atoms with Crippen LogP contribution >= 0.6 is 0 Å². The quantitative estimate of drug-likeness (QED) is 0.511. The number of aryl methyl sites for hydroxylation is 1. The van der Waals surface area contributed by atoms with Crippen LogP contribution in [0.1, 0.15) is 16.1 Å². The van der Waals surface area contributed by atoms with Crippen molar-refractivity contribution in [2.75, 3.05) is 31.1 Å². The fourth-order valence-electron chi connectivity index (χ4n) is 4.26. The van der Waals surface area contributed by atoms with Crippen LogP contribution in [0.15, 0.2) is 77.9 Å². The highest BCUT2D eigenvalue weighted by Gasteiger charge is 2.29. The van der Waals surface area contributed by atoms with Crippen molar-refractivity contribution in [3.63, 3.8) is 0 Å². The molecule has 1 saturated heterocycles. The first-order valence-electron chi connectivity index (χ1n) is 11.2. The molecule has 8 nitrogen and oxygen atoms in total. The van der Waals surface area contributed by atoms with Crippen LogP contribution in [0.3, 0.4) is 0 Å². The van der Waals surface area contributed by atoms with Gasteiger partial charge in [-0.1, -0.05) is 60.7 Å². The maximum absolute atomic E-state index is 13.7. The Hall–Kier alpha value is -4.33. The summed E-state index contributed by atoms with van der Waals surface area (Å²) in [4.78, 5) is 39.1. The molecular formula is C26H24N6O2. The number of aromatic nitrogens is 4. The van der Waals surface area contributed by atoms with Gasteiger partial charge in [0.25, 0.3) is 11.5 Å². The summed E-state index contributed by atoms with van der Waals surface area (Å²) < 4.78 is 0. The number of nitrogens with one attached hydrogen (secondary N) is 1. The van der Waals surface area contributed by atoms with E-state index in [0.717, 1.165) is 22.6 Å². The molecule has 0 unspecified atom stereocenters. The van der Waals surface area contributed by atoms with E-state index in [1.165, 1.54) is 0 Å². The van der Waals surface area contributed by atoms with Crippen molar-refractivity contribution in [1.29, 1.82) is 0 Å². The molecule has 1 aliphatic rings. The second-order valence-corrected chi connectivity index (χ2v) is 8.18. The minimum atomic E-state index is -0.489. The van der Waals surface area contributed by atoms with Gasteiger partial charge in [-0.05, 0) is 12.5 Å². The van der Waals surface area contributed by atoms with E-state index in [-0.39, 0.29) is 11.5 Å². The van der Waals surface area contributed by atoms with Crippen molar-refractivity contribution < 1.29 is 4.79 Å². The average molecular weight is 453 g/mol. The minimum Gasteiger partial charge on any atom is -0.353 e. The highest BCUT2D eigenvalue weighted by Crippen LogP contribution is 2.32. The van der Waals surface area contributed by atoms with E-state index < -0.39 is 5.56 Å². The lowest BCUT2D eigenvalue weighted by Gasteiger charge is -2.35. The number of hydrogen-bond acceptors (Lipinski definition) is 6. The summed E-state index contributed by atoms with van der Waals surface area (Å²) in [7, 11) is 0. The number of hydrogen-bond donors (Lipinski definition) is 1. The highest BCUT2D eigenvalue weighted by molar-refractivity contribution is 6.03. The van der Waals surface area contributed by atoms with E-state index in [0.29, 0.717) is 37.4 Å². The molecule has 0 bridgehead atoms. The van der Waals surface area contributed by atoms with Crippen LogP contribution < -0.4 is 10.5 Å². The summed E-state index contributed by atoms with van der Waals surface area (Å²) in [6, 6.07) is 21.0. The molecule has 4 aromatic rings. The summed E-state index contributed by atoms with van der Waals surface area (Å²) >= 11 is 0. The van der Waals surface area contributed by atoms with Gasteiger partial charge in [0.15, 0.2) is 0 Å². The number of anilines is 1. The SMILES string of the molecule is Cc1cc(N2CCN(C(=O)c3c(-c4ccccc4)c(-c4ccccc4)n[nH]c3=O)CC2)ncn1. The zero-order valence-electron chi connectivity index (χ0n) is 18.8. The Morgan fingerprint density at radius 2 is 1.53 bits per heavy atom. The summed E-state index contributed by atoms with van der Waals surface area (Å²) in [5.41, 5.74) is 3.25. The molecule has 3 heterocycles. The van der Waals surface area contributed by atoms with Gasteiger partial charge >= 0.3 is 0 Å². The first-order chi connectivity index (χ1) is 16.6. The van der Waals surface area contributed by atoms with E-state index in [1.807, 2.05) is 73.7 Å². The molecule has 1 amide bonds. The van der Waals surface area contributed by atoms with Gasteiger partial charge in [0.2, 0.25) is 0 Å². The number of H-pyrrole nitrogens is 1. The van der Waals surface area contributed by atoms with Crippen LogP contribution in [0, 0.1) is 6.92 Å². The van der Waals surface area contributed by atoms with Crippen molar-refractivity contribution in [2.24, 2.45) is 0 Å². The lowest BCUT2D eigenvalue weighted by Crippen LogP contribution is -2.50. The molecular weight excluding hydrogens is 428 g/mol. The molecule has 0 radical (unpaired) electrons. The highest BCUT2D eigenvalue weighted by atomic mass is 16.2. The second kappa shape index (κ2) is 9.27. The van der Waals surface area contributed by atoms with E-state index >= 15 is 0 Å². The van der Waals surface area contributed by atoms with Gasteiger partial charge in [0.1, 0.15) is 17.7 Å². The third-order valence-corrected chi connectivity index (χ3v) is 5.99. The predicted molar refractivity (Wildman–Crippen MR) is 131 cm³/mol. The lowest BCUT2D eigenvalue weighted by molar-refractivity contribution is 0.0745. The molecule has 0 saturated carbocycles. The van der Waals surface area contributed by atoms with Crippen LogP contribution in [0.4, 0.5) is 5.82 Å². The smallest absolute Gasteiger partial charge is 0.277 e. The number of carbonyl (C=O) groups is 1. The maximum Gasteiger partial charge on any atom is 0.277 e. The molecule has 1 N–H and O–H groups in total. The van der Waals surface area contributed by atoms with Crippen molar-refractivity contribution in [2.45, 2.75) is 6.92 Å². The van der Waals surface area contributed by atoms with Crippen LogP contribution in [-0.2, 0) is 0 Å². The van der Waals surface area contributed by atoms with E-state index in [1.54, 1.807) is 11.2 Å². The number of carbonyl (C=O) groups excluding carboxylic acids is 1. The maximum atomic E-state index is 13.7. The predicted octanol–water partition coefficient (Wildman–Crippen LogP) is 3.16. The Bertz CT molecular complexity index is 1360. The number of rotatable bonds is 4. The van der Waals surface area contributed by atoms with Crippen LogP contribution in [-0.4, -0.2) is 57.2 Å². The van der Waals surface area contributed by atoms with Crippen molar-refractivity contribution in [3.8, 4) is 22.4 Å². The van der Waals surface area contributed by atoms with Gasteiger partial charge in [-0.3, -0.25) is 9.59 Å². The minimum absolute atomic E-state index is 0.117. The summed E-state index contributed by atoms with van der Waals surface area (Å²) in [6.07, 6.45) is 1.55. The number of aromatic amines is 1. The molecule has 0 spiro atoms. The zero-order valence-corrected chi connectivity index (χ0v) is 18.8. The van der Waals surface area contributed by atoms with Gasteiger partial charge in [-0.25, -0.2) is 15.1 Å². The van der Waals surface area contributed by atoms with Crippen LogP contribution in [0.2, 0.25) is 0 Å². The zero-order chi connectivity index (χ0) is 23.5. The largest absolute Gasteiger partial charge is 0.353 e. The molecule has 2 aromatic heterocycles. The molecule has 1 fully saturated rings. The first-order valence-corrected chi connectivity index (χ1v) is 11.2. The van der Waals surface area contributed by atoms with Crippen molar-refractivity contribution >= 4 is 11.7 Å². The van der Waals surface area contributed by atoms with Crippen molar-refractivity contribution in [1.82, 2.24) is 25.1 Å². The average Bonchev–Trinajstić information content (AvgIpc) is 2.89. The van der Waals surface area contributed by atoms with E-state index in [9.17, 15) is 9.59 Å². The number of benzene rings is 2. The van der Waals surface area contributed by atoms with Gasteiger partial charge < -0.3 is 9.80 Å². The number of amides is 1. The van der Waals surface area contributed by atoms with Gasteiger partial charge in [0.05, 0.1) is 5.69 Å². The fraction of sp³-hybridized carbons (Fsp3) is 0.192. The molecule has 1 aliphatic heterocycles. The van der Waals surface area contributed by atoms with E-state index in [2.05, 4.69) is 25.1 Å². The van der Waals surface area contributed by atoms with E-state index in [4.69, 9.17) is 0 Å². The topological polar surface area (TPSA) is 95.1 Å². The third kappa shape index (κ3) is 4.17. The molecule has 0 atom stereocenters. The Morgan fingerprint density at radius 3 is 2.18 bits per heavy atom. The summed E-state index contributed by atoms with van der Waals surface area (Å²) in [5, 5.41) is 6.90.